The number of likely N-dealkylation sites (N-methyl/N-ethyl adjacent to an activating group) is 1. The topological polar surface area (TPSA) is 17.3 Å². The molecule has 0 fully saturated rings. The molecule has 0 aliphatic carbocycles. The second-order valence-electron chi connectivity index (χ2n) is 3.77. The van der Waals surface area contributed by atoms with Gasteiger partial charge >= 0.3 is 0 Å². The molecule has 0 bridgehead atoms. The Labute approximate surface area is 78.9 Å². The van der Waals surface area contributed by atoms with Gasteiger partial charge in [0.1, 0.15) is 11.7 Å². The average Bonchev–Trinajstić information content (AvgIpc) is 2.47. The minimum atomic E-state index is 0.459. The van der Waals surface area contributed by atoms with Crippen molar-refractivity contribution in [2.75, 3.05) is 13.6 Å². The van der Waals surface area contributed by atoms with E-state index in [1.807, 2.05) is 12.3 Å². The van der Waals surface area contributed by atoms with Crippen LogP contribution in [0.15, 0.2) is 36.0 Å². The largest absolute Gasteiger partial charge is 0.323 e. The Morgan fingerprint density at radius 2 is 2.31 bits per heavy atom. The summed E-state index contributed by atoms with van der Waals surface area (Å²) in [5.41, 5.74) is 2.64. The van der Waals surface area contributed by atoms with Crippen molar-refractivity contribution in [1.29, 1.82) is 0 Å². The van der Waals surface area contributed by atoms with Crippen LogP contribution in [-0.4, -0.2) is 18.6 Å². The van der Waals surface area contributed by atoms with E-state index in [2.05, 4.69) is 37.2 Å². The second kappa shape index (κ2) is 3.30. The highest BCUT2D eigenvalue weighted by Crippen LogP contribution is 2.13. The fourth-order valence-electron chi connectivity index (χ4n) is 1.93. The molecule has 2 heteroatoms. The maximum atomic E-state index is 4.38. The molecule has 2 unspecified atom stereocenters. The third-order valence-electron chi connectivity index (χ3n) is 2.55. The number of pyridine rings is 1. The van der Waals surface area contributed by atoms with Gasteiger partial charge in [-0.25, -0.2) is 0 Å². The van der Waals surface area contributed by atoms with Crippen molar-refractivity contribution >= 4 is 0 Å². The van der Waals surface area contributed by atoms with Crippen LogP contribution < -0.4 is 4.90 Å². The van der Waals surface area contributed by atoms with Crippen LogP contribution in [0, 0.1) is 0 Å². The zero-order valence-electron chi connectivity index (χ0n) is 8.12. The molecule has 2 heterocycles. The predicted octanol–water partition coefficient (Wildman–Crippen LogP) is 0.597. The minimum Gasteiger partial charge on any atom is -0.323 e. The van der Waals surface area contributed by atoms with Crippen LogP contribution in [0.2, 0.25) is 0 Å². The van der Waals surface area contributed by atoms with E-state index in [-0.39, 0.29) is 0 Å². The van der Waals surface area contributed by atoms with E-state index in [1.165, 1.54) is 16.2 Å². The fraction of sp³-hybridized carbons (Fsp3) is 0.364. The Balaban J connectivity index is 2.27. The SMILES string of the molecule is CC1=CC(c2ccccn2)[NH+](C)C1. The number of quaternary nitrogens is 1. The molecular formula is C11H15N2+. The predicted molar refractivity (Wildman–Crippen MR) is 52.5 cm³/mol. The smallest absolute Gasteiger partial charge is 0.149 e. The van der Waals surface area contributed by atoms with E-state index in [9.17, 15) is 0 Å². The van der Waals surface area contributed by atoms with Crippen LogP contribution in [0.4, 0.5) is 0 Å². The molecule has 2 nitrogen and oxygen atoms in total. The Bertz CT molecular complexity index is 316. The number of rotatable bonds is 1. The Morgan fingerprint density at radius 3 is 2.85 bits per heavy atom. The van der Waals surface area contributed by atoms with Gasteiger partial charge < -0.3 is 4.90 Å². The molecule has 0 saturated carbocycles. The summed E-state index contributed by atoms with van der Waals surface area (Å²) in [6.45, 7) is 3.33. The number of hydrogen-bond acceptors (Lipinski definition) is 1. The Kier molecular flexibility index (Phi) is 2.15. The standard InChI is InChI=1S/C11H14N2/c1-9-7-11(13(2)8-9)10-5-3-4-6-12-10/h3-7,11H,8H2,1-2H3/p+1. The highest BCUT2D eigenvalue weighted by atomic mass is 15.1. The monoisotopic (exact) mass is 175 g/mol. The van der Waals surface area contributed by atoms with Crippen LogP contribution in [0.3, 0.4) is 0 Å². The number of aromatic nitrogens is 1. The molecule has 1 aliphatic rings. The van der Waals surface area contributed by atoms with Crippen molar-refractivity contribution in [3.05, 3.63) is 41.7 Å². The van der Waals surface area contributed by atoms with Crippen molar-refractivity contribution in [3.8, 4) is 0 Å². The lowest BCUT2D eigenvalue weighted by atomic mass is 10.2. The molecule has 1 aromatic rings. The number of nitrogens with zero attached hydrogens (tertiary/aromatic N) is 1. The van der Waals surface area contributed by atoms with Crippen LogP contribution in [0.1, 0.15) is 18.7 Å². The van der Waals surface area contributed by atoms with Crippen molar-refractivity contribution in [1.82, 2.24) is 4.98 Å². The summed E-state index contributed by atoms with van der Waals surface area (Å²) in [6, 6.07) is 6.58. The first-order valence-electron chi connectivity index (χ1n) is 4.68. The lowest BCUT2D eigenvalue weighted by Gasteiger charge is -2.15. The van der Waals surface area contributed by atoms with Gasteiger partial charge in [0.15, 0.2) is 0 Å². The average molecular weight is 175 g/mol. The van der Waals surface area contributed by atoms with Gasteiger partial charge in [-0.3, -0.25) is 4.98 Å². The van der Waals surface area contributed by atoms with Gasteiger partial charge in [0.2, 0.25) is 0 Å². The lowest BCUT2D eigenvalue weighted by molar-refractivity contribution is -0.894. The molecule has 13 heavy (non-hydrogen) atoms. The molecule has 68 valence electrons. The summed E-state index contributed by atoms with van der Waals surface area (Å²) in [7, 11) is 2.21. The summed E-state index contributed by atoms with van der Waals surface area (Å²) in [5, 5.41) is 0. The number of nitrogens with one attached hydrogen (secondary N) is 1. The first-order chi connectivity index (χ1) is 6.27. The van der Waals surface area contributed by atoms with Gasteiger partial charge in [0, 0.05) is 6.20 Å². The summed E-state index contributed by atoms with van der Waals surface area (Å²) in [6.07, 6.45) is 4.18. The molecule has 0 aromatic carbocycles. The van der Waals surface area contributed by atoms with E-state index in [1.54, 1.807) is 0 Å². The molecule has 0 amide bonds. The third-order valence-corrected chi connectivity index (χ3v) is 2.55. The molecule has 2 rings (SSSR count). The first-order valence-corrected chi connectivity index (χ1v) is 4.68. The van der Waals surface area contributed by atoms with Gasteiger partial charge in [0.05, 0.1) is 13.6 Å². The quantitative estimate of drug-likeness (QED) is 0.619. The molecule has 0 radical (unpaired) electrons. The van der Waals surface area contributed by atoms with Gasteiger partial charge in [-0.1, -0.05) is 6.07 Å². The maximum absolute atomic E-state index is 4.38. The Morgan fingerprint density at radius 1 is 1.46 bits per heavy atom. The van der Waals surface area contributed by atoms with Crippen LogP contribution in [0.5, 0.6) is 0 Å². The molecule has 1 N–H and O–H groups in total. The Hall–Kier alpha value is -1.15. The third kappa shape index (κ3) is 1.63. The van der Waals surface area contributed by atoms with Crippen molar-refractivity contribution in [2.24, 2.45) is 0 Å². The van der Waals surface area contributed by atoms with Crippen LogP contribution in [0.25, 0.3) is 0 Å². The van der Waals surface area contributed by atoms with E-state index in [4.69, 9.17) is 0 Å². The maximum Gasteiger partial charge on any atom is 0.149 e. The molecule has 0 saturated heterocycles. The highest BCUT2D eigenvalue weighted by molar-refractivity contribution is 5.17. The molecule has 2 atom stereocenters. The molecule has 1 aromatic heterocycles. The molecule has 1 aliphatic heterocycles. The second-order valence-corrected chi connectivity index (χ2v) is 3.77. The molecule has 0 spiro atoms. The number of hydrogen-bond donors (Lipinski definition) is 1. The first kappa shape index (κ1) is 8.45. The highest BCUT2D eigenvalue weighted by Gasteiger charge is 2.25. The lowest BCUT2D eigenvalue weighted by Crippen LogP contribution is -3.07. The minimum absolute atomic E-state index is 0.459. The van der Waals surface area contributed by atoms with Crippen molar-refractivity contribution in [2.45, 2.75) is 13.0 Å². The van der Waals surface area contributed by atoms with Crippen LogP contribution >= 0.6 is 0 Å². The van der Waals surface area contributed by atoms with E-state index in [0.29, 0.717) is 6.04 Å². The van der Waals surface area contributed by atoms with Gasteiger partial charge in [0.25, 0.3) is 0 Å². The van der Waals surface area contributed by atoms with E-state index < -0.39 is 0 Å². The van der Waals surface area contributed by atoms with Crippen molar-refractivity contribution in [3.63, 3.8) is 0 Å². The fourth-order valence-corrected chi connectivity index (χ4v) is 1.93. The van der Waals surface area contributed by atoms with Gasteiger partial charge in [-0.15, -0.1) is 0 Å². The normalized spacial score (nSPS) is 27.4. The summed E-state index contributed by atoms with van der Waals surface area (Å²) in [5.74, 6) is 0. The van der Waals surface area contributed by atoms with E-state index >= 15 is 0 Å². The van der Waals surface area contributed by atoms with E-state index in [0.717, 1.165) is 6.54 Å². The van der Waals surface area contributed by atoms with Crippen LogP contribution in [-0.2, 0) is 0 Å². The van der Waals surface area contributed by atoms with Crippen molar-refractivity contribution < 1.29 is 4.90 Å². The summed E-state index contributed by atoms with van der Waals surface area (Å²) in [4.78, 5) is 5.89. The summed E-state index contributed by atoms with van der Waals surface area (Å²) >= 11 is 0. The molecular weight excluding hydrogens is 160 g/mol. The van der Waals surface area contributed by atoms with Gasteiger partial charge in [-0.05, 0) is 30.7 Å². The van der Waals surface area contributed by atoms with Gasteiger partial charge in [-0.2, -0.15) is 0 Å². The zero-order chi connectivity index (χ0) is 9.26. The zero-order valence-corrected chi connectivity index (χ0v) is 8.12. The summed E-state index contributed by atoms with van der Waals surface area (Å²) < 4.78 is 0.